The molecule has 0 aliphatic heterocycles. The normalized spacial score (nSPS) is 10.5. The average molecular weight is 419 g/mol. The Balaban J connectivity index is 1.65. The van der Waals surface area contributed by atoms with Gasteiger partial charge in [-0.2, -0.15) is 5.10 Å². The summed E-state index contributed by atoms with van der Waals surface area (Å²) in [6.45, 7) is 0.275. The summed E-state index contributed by atoms with van der Waals surface area (Å²) in [6, 6.07) is 11.8. The predicted molar refractivity (Wildman–Crippen MR) is 107 cm³/mol. The molecular weight excluding hydrogens is 403 g/mol. The smallest absolute Gasteiger partial charge is 0.269 e. The van der Waals surface area contributed by atoms with E-state index in [-0.39, 0.29) is 23.9 Å². The summed E-state index contributed by atoms with van der Waals surface area (Å²) in [6.07, 6.45) is 1.37. The summed E-state index contributed by atoms with van der Waals surface area (Å²) >= 11 is 11.9. The lowest BCUT2D eigenvalue weighted by Gasteiger charge is -2.09. The van der Waals surface area contributed by atoms with Crippen LogP contribution in [0.5, 0.6) is 5.75 Å². The third-order valence-corrected chi connectivity index (χ3v) is 4.46. The molecule has 0 saturated carbocycles. The first-order valence-corrected chi connectivity index (χ1v) is 8.90. The number of amides is 2. The summed E-state index contributed by atoms with van der Waals surface area (Å²) in [5.41, 5.74) is 6.95. The molecule has 2 aromatic carbocycles. The fraction of sp³-hybridized carbons (Fsp3) is 0.105. The minimum absolute atomic E-state index is 0.123. The van der Waals surface area contributed by atoms with Crippen molar-refractivity contribution in [1.29, 1.82) is 0 Å². The molecule has 0 aliphatic carbocycles. The van der Waals surface area contributed by atoms with Crippen LogP contribution in [0.1, 0.15) is 26.4 Å². The average Bonchev–Trinajstić information content (AvgIpc) is 3.01. The number of primary amides is 1. The van der Waals surface area contributed by atoms with Crippen molar-refractivity contribution in [3.8, 4) is 5.75 Å². The van der Waals surface area contributed by atoms with E-state index >= 15 is 0 Å². The van der Waals surface area contributed by atoms with Gasteiger partial charge in [0.1, 0.15) is 18.1 Å². The SMILES string of the molecule is Cn1ncc(NC(=O)c2ccc(COc3ccc(Cl)cc3Cl)cc2)c1C(N)=O. The Morgan fingerprint density at radius 3 is 2.54 bits per heavy atom. The summed E-state index contributed by atoms with van der Waals surface area (Å²) in [5, 5.41) is 7.51. The van der Waals surface area contributed by atoms with Crippen LogP contribution in [0.3, 0.4) is 0 Å². The van der Waals surface area contributed by atoms with E-state index in [0.29, 0.717) is 21.4 Å². The van der Waals surface area contributed by atoms with E-state index in [2.05, 4.69) is 10.4 Å². The van der Waals surface area contributed by atoms with Crippen molar-refractivity contribution in [1.82, 2.24) is 9.78 Å². The first kappa shape index (κ1) is 19.7. The van der Waals surface area contributed by atoms with Crippen LogP contribution in [-0.2, 0) is 13.7 Å². The van der Waals surface area contributed by atoms with Gasteiger partial charge in [0.25, 0.3) is 11.8 Å². The van der Waals surface area contributed by atoms with Crippen molar-refractivity contribution >= 4 is 40.7 Å². The highest BCUT2D eigenvalue weighted by molar-refractivity contribution is 6.35. The van der Waals surface area contributed by atoms with Gasteiger partial charge in [0.2, 0.25) is 0 Å². The molecule has 9 heteroatoms. The largest absolute Gasteiger partial charge is 0.487 e. The van der Waals surface area contributed by atoms with Gasteiger partial charge in [-0.05, 0) is 35.9 Å². The van der Waals surface area contributed by atoms with Gasteiger partial charge >= 0.3 is 0 Å². The maximum atomic E-state index is 12.4. The fourth-order valence-corrected chi connectivity index (χ4v) is 2.98. The van der Waals surface area contributed by atoms with Crippen molar-refractivity contribution < 1.29 is 14.3 Å². The molecule has 0 fully saturated rings. The topological polar surface area (TPSA) is 99.2 Å². The molecule has 3 N–H and O–H groups in total. The Labute approximate surface area is 171 Å². The molecule has 1 heterocycles. The second-order valence-corrected chi connectivity index (χ2v) is 6.75. The first-order valence-electron chi connectivity index (χ1n) is 8.15. The molecule has 0 aliphatic rings. The van der Waals surface area contributed by atoms with E-state index in [1.165, 1.54) is 10.9 Å². The number of carbonyl (C=O) groups is 2. The van der Waals surface area contributed by atoms with Gasteiger partial charge in [-0.1, -0.05) is 35.3 Å². The standard InChI is InChI=1S/C19H16Cl2N4O3/c1-25-17(18(22)26)15(9-23-25)24-19(27)12-4-2-11(3-5-12)10-28-16-7-6-13(20)8-14(16)21/h2-9H,10H2,1H3,(H2,22,26)(H,24,27). The number of benzene rings is 2. The van der Waals surface area contributed by atoms with Crippen molar-refractivity contribution in [2.45, 2.75) is 6.61 Å². The Morgan fingerprint density at radius 1 is 1.18 bits per heavy atom. The zero-order valence-electron chi connectivity index (χ0n) is 14.8. The Morgan fingerprint density at radius 2 is 1.89 bits per heavy atom. The van der Waals surface area contributed by atoms with Crippen LogP contribution in [0.2, 0.25) is 10.0 Å². The van der Waals surface area contributed by atoms with E-state index in [1.807, 2.05) is 0 Å². The maximum Gasteiger partial charge on any atom is 0.269 e. The van der Waals surface area contributed by atoms with E-state index in [0.717, 1.165) is 5.56 Å². The molecule has 144 valence electrons. The van der Waals surface area contributed by atoms with Crippen molar-refractivity contribution in [3.05, 3.63) is 75.5 Å². The maximum absolute atomic E-state index is 12.4. The number of hydrogen-bond acceptors (Lipinski definition) is 4. The molecule has 0 radical (unpaired) electrons. The Kier molecular flexibility index (Phi) is 5.87. The van der Waals surface area contributed by atoms with Crippen LogP contribution < -0.4 is 15.8 Å². The monoisotopic (exact) mass is 418 g/mol. The van der Waals surface area contributed by atoms with Gasteiger partial charge < -0.3 is 15.8 Å². The van der Waals surface area contributed by atoms with E-state index in [9.17, 15) is 9.59 Å². The van der Waals surface area contributed by atoms with Crippen LogP contribution in [0.15, 0.2) is 48.7 Å². The van der Waals surface area contributed by atoms with Gasteiger partial charge in [-0.15, -0.1) is 0 Å². The zero-order valence-corrected chi connectivity index (χ0v) is 16.3. The van der Waals surface area contributed by atoms with Crippen LogP contribution in [0.4, 0.5) is 5.69 Å². The quantitative estimate of drug-likeness (QED) is 0.637. The third-order valence-electron chi connectivity index (χ3n) is 3.92. The molecule has 0 saturated heterocycles. The van der Waals surface area contributed by atoms with Gasteiger partial charge in [-0.25, -0.2) is 0 Å². The molecule has 1 aromatic heterocycles. The lowest BCUT2D eigenvalue weighted by molar-refractivity contribution is 0.0992. The number of hydrogen-bond donors (Lipinski definition) is 2. The second-order valence-electron chi connectivity index (χ2n) is 5.91. The number of ether oxygens (including phenoxy) is 1. The van der Waals surface area contributed by atoms with Gasteiger partial charge in [0.05, 0.1) is 16.9 Å². The Hall–Kier alpha value is -3.03. The number of nitrogens with one attached hydrogen (secondary N) is 1. The zero-order chi connectivity index (χ0) is 20.3. The van der Waals surface area contributed by atoms with Crippen molar-refractivity contribution in [2.24, 2.45) is 12.8 Å². The number of halogens is 2. The van der Waals surface area contributed by atoms with Crippen LogP contribution in [0.25, 0.3) is 0 Å². The lowest BCUT2D eigenvalue weighted by Crippen LogP contribution is -2.20. The Bertz CT molecular complexity index is 1030. The highest BCUT2D eigenvalue weighted by Gasteiger charge is 2.16. The van der Waals surface area contributed by atoms with Crippen molar-refractivity contribution in [3.63, 3.8) is 0 Å². The number of aromatic nitrogens is 2. The third kappa shape index (κ3) is 4.44. The van der Waals surface area contributed by atoms with Crippen LogP contribution >= 0.6 is 23.2 Å². The van der Waals surface area contributed by atoms with Crippen molar-refractivity contribution in [2.75, 3.05) is 5.32 Å². The predicted octanol–water partition coefficient (Wildman–Crippen LogP) is 3.66. The molecule has 2 amide bonds. The van der Waals surface area contributed by atoms with Gasteiger partial charge in [0.15, 0.2) is 0 Å². The number of anilines is 1. The molecule has 7 nitrogen and oxygen atoms in total. The summed E-state index contributed by atoms with van der Waals surface area (Å²) in [7, 11) is 1.57. The molecular formula is C19H16Cl2N4O3. The number of carbonyl (C=O) groups excluding carboxylic acids is 2. The summed E-state index contributed by atoms with van der Waals surface area (Å²) in [4.78, 5) is 23.9. The first-order chi connectivity index (χ1) is 13.3. The minimum Gasteiger partial charge on any atom is -0.487 e. The molecule has 3 rings (SSSR count). The van der Waals surface area contributed by atoms with E-state index < -0.39 is 5.91 Å². The molecule has 0 unspecified atom stereocenters. The summed E-state index contributed by atoms with van der Waals surface area (Å²) < 4.78 is 6.97. The number of nitrogens with two attached hydrogens (primary N) is 1. The highest BCUT2D eigenvalue weighted by atomic mass is 35.5. The van der Waals surface area contributed by atoms with Gasteiger partial charge in [-0.3, -0.25) is 14.3 Å². The second kappa shape index (κ2) is 8.33. The number of nitrogens with zero attached hydrogens (tertiary/aromatic N) is 2. The van der Waals surface area contributed by atoms with E-state index in [1.54, 1.807) is 49.5 Å². The molecule has 28 heavy (non-hydrogen) atoms. The van der Waals surface area contributed by atoms with Gasteiger partial charge in [0, 0.05) is 17.6 Å². The molecule has 3 aromatic rings. The summed E-state index contributed by atoms with van der Waals surface area (Å²) in [5.74, 6) is -0.546. The highest BCUT2D eigenvalue weighted by Crippen LogP contribution is 2.28. The van der Waals surface area contributed by atoms with Crippen LogP contribution in [0, 0.1) is 0 Å². The number of rotatable bonds is 6. The molecule has 0 bridgehead atoms. The number of aryl methyl sites for hydroxylation is 1. The van der Waals surface area contributed by atoms with Crippen LogP contribution in [-0.4, -0.2) is 21.6 Å². The molecule has 0 spiro atoms. The lowest BCUT2D eigenvalue weighted by atomic mass is 10.1. The van der Waals surface area contributed by atoms with E-state index in [4.69, 9.17) is 33.7 Å². The fourth-order valence-electron chi connectivity index (χ4n) is 2.52. The molecule has 0 atom stereocenters. The minimum atomic E-state index is -0.677.